The number of nitrogens with zero attached hydrogens (tertiary/aromatic N) is 4. The van der Waals surface area contributed by atoms with Crippen molar-refractivity contribution >= 4 is 81.3 Å². The summed E-state index contributed by atoms with van der Waals surface area (Å²) in [4.78, 5) is 168. The molecule has 2 aliphatic heterocycles. The van der Waals surface area contributed by atoms with Crippen LogP contribution in [-0.4, -0.2) is 188 Å². The maximum atomic E-state index is 15.1. The highest BCUT2D eigenvalue weighted by molar-refractivity contribution is 6.13. The highest BCUT2D eigenvalue weighted by atomic mass is 16.5. The Labute approximate surface area is 585 Å². The van der Waals surface area contributed by atoms with Crippen molar-refractivity contribution in [2.24, 2.45) is 47.2 Å². The molecule has 0 aliphatic carbocycles. The van der Waals surface area contributed by atoms with Gasteiger partial charge < -0.3 is 45.7 Å². The zero-order chi connectivity index (χ0) is 73.4. The standard InChI is InChI=1S/C76H110N8O15/c1-15-49(8)71(82(12)75(95)59(47(4)5)41-63(87)70(48(6)7)81(10)11)65(97-13)42-69(92)84-44-56(39-61(84)72(98-14)50(9)73(93)78-43-64(88)55-33-32-53-23-18-19-24-54(53)38-55)79-76(96)99-45-52-30-28-51(29-31-52)37-62(86)60(26-20-21-27-66(77)89)80-74(94)58(46(2)3)40-57(85)25-17-16-22-36-83-67(90)34-35-68(83)91/h18-19,23-24,28-35,38,46-50,56,58-61,65,70-72H,15-17,20-22,25-27,36-37,39-45H2,1-14H3,(H2,77,89)(H,78,93)(H,79,96)(H,80,94)/t49-,50+,56-,58-,59-,60-,61-,65+,70-,71-,72+/m0/s1. The number of methoxy groups -OCH3 is 2. The minimum atomic E-state index is -0.947. The Kier molecular flexibility index (Phi) is 32.7. The molecule has 0 aromatic heterocycles. The van der Waals surface area contributed by atoms with Gasteiger partial charge in [0.1, 0.15) is 12.4 Å². The number of ether oxygens (including phenoxy) is 3. The van der Waals surface area contributed by atoms with Gasteiger partial charge in [-0.05, 0) is 97.8 Å². The SMILES string of the molecule is CC[C@H](C)[C@@H]([C@@H](CC(=O)N1C[C@@H](NC(=O)OCc2ccc(CC(=O)[C@H](CCCCC(N)=O)NC(=O)[C@@H](CC(=O)CCCCCN3C(=O)C=CC3=O)C(C)C)cc2)C[C@H]1[C@H](OC)[C@@H](C)C(=O)NCC(=O)c1ccc2ccccc2c1)OC)N(C)C(=O)[C@@H](CC(=O)[C@H](C(C)C)N(C)C)C(C)C. The van der Waals surface area contributed by atoms with E-state index in [0.717, 1.165) is 15.7 Å². The van der Waals surface area contributed by atoms with E-state index in [4.69, 9.17) is 19.9 Å². The van der Waals surface area contributed by atoms with Crippen LogP contribution in [0.3, 0.4) is 0 Å². The van der Waals surface area contributed by atoms with Crippen molar-refractivity contribution in [3.05, 3.63) is 95.6 Å². The summed E-state index contributed by atoms with van der Waals surface area (Å²) in [6.07, 6.45) is 3.39. The fourth-order valence-corrected chi connectivity index (χ4v) is 13.8. The predicted octanol–water partition coefficient (Wildman–Crippen LogP) is 8.14. The predicted molar refractivity (Wildman–Crippen MR) is 377 cm³/mol. The first kappa shape index (κ1) is 81.7. The first-order valence-corrected chi connectivity index (χ1v) is 35.2. The average Bonchev–Trinajstić information content (AvgIpc) is 1.71. The second-order valence-corrected chi connectivity index (χ2v) is 28.2. The average molecular weight is 1380 g/mol. The lowest BCUT2D eigenvalue weighted by Gasteiger charge is -2.41. The number of unbranched alkanes of at least 4 members (excludes halogenated alkanes) is 3. The number of likely N-dealkylation sites (N-methyl/N-ethyl adjacent to an activating group) is 2. The summed E-state index contributed by atoms with van der Waals surface area (Å²) < 4.78 is 18.0. The third-order valence-corrected chi connectivity index (χ3v) is 19.6. The van der Waals surface area contributed by atoms with Crippen LogP contribution in [0.1, 0.15) is 167 Å². The Hall–Kier alpha value is -8.02. The molecule has 11 atom stereocenters. The molecule has 0 unspecified atom stereocenters. The fraction of sp³-hybridized carbons (Fsp3) is 0.605. The van der Waals surface area contributed by atoms with Crippen molar-refractivity contribution in [2.45, 2.75) is 201 Å². The zero-order valence-electron chi connectivity index (χ0n) is 60.8. The number of fused-ring (bicyclic) bond motifs is 1. The third-order valence-electron chi connectivity index (χ3n) is 19.6. The van der Waals surface area contributed by atoms with Gasteiger partial charge in [-0.25, -0.2) is 4.79 Å². The Morgan fingerprint density at radius 1 is 0.687 bits per heavy atom. The number of carbonyl (C=O) groups is 12. The Morgan fingerprint density at radius 2 is 1.32 bits per heavy atom. The van der Waals surface area contributed by atoms with E-state index in [2.05, 4.69) is 16.0 Å². The second kappa shape index (κ2) is 39.7. The van der Waals surface area contributed by atoms with Gasteiger partial charge in [-0.2, -0.15) is 0 Å². The number of hydrogen-bond acceptors (Lipinski definition) is 16. The lowest BCUT2D eigenvalue weighted by molar-refractivity contribution is -0.149. The molecule has 3 aromatic carbocycles. The monoisotopic (exact) mass is 1370 g/mol. The van der Waals surface area contributed by atoms with E-state index in [1.165, 1.54) is 26.4 Å². The summed E-state index contributed by atoms with van der Waals surface area (Å²) in [5.74, 6) is -6.38. The second-order valence-electron chi connectivity index (χ2n) is 28.2. The number of nitrogens with two attached hydrogens (primary N) is 1. The number of hydrogen-bond donors (Lipinski definition) is 4. The van der Waals surface area contributed by atoms with E-state index in [1.807, 2.05) is 105 Å². The molecule has 2 aliphatic rings. The van der Waals surface area contributed by atoms with Gasteiger partial charge in [0, 0.05) is 96.0 Å². The Morgan fingerprint density at radius 3 is 1.92 bits per heavy atom. The number of ketones is 4. The maximum absolute atomic E-state index is 15.1. The molecule has 0 bridgehead atoms. The van der Waals surface area contributed by atoms with Gasteiger partial charge in [-0.1, -0.05) is 142 Å². The molecule has 2 heterocycles. The maximum Gasteiger partial charge on any atom is 0.407 e. The van der Waals surface area contributed by atoms with Crippen LogP contribution < -0.4 is 21.7 Å². The van der Waals surface area contributed by atoms with E-state index in [-0.39, 0.29) is 148 Å². The minimum Gasteiger partial charge on any atom is -0.445 e. The number of rotatable bonds is 43. The van der Waals surface area contributed by atoms with Crippen molar-refractivity contribution in [3.8, 4) is 0 Å². The Bertz CT molecular complexity index is 3290. The van der Waals surface area contributed by atoms with Crippen LogP contribution in [0.5, 0.6) is 0 Å². The molecular weight excluding hydrogens is 1260 g/mol. The smallest absolute Gasteiger partial charge is 0.407 e. The number of alkyl carbamates (subject to hydrolysis) is 1. The van der Waals surface area contributed by atoms with Crippen molar-refractivity contribution in [1.82, 2.24) is 35.6 Å². The van der Waals surface area contributed by atoms with Crippen LogP contribution in [0.15, 0.2) is 78.9 Å². The van der Waals surface area contributed by atoms with E-state index < -0.39 is 83.9 Å². The topological polar surface area (TPSA) is 308 Å². The molecule has 1 fully saturated rings. The molecular formula is C76H110N8O15. The molecule has 5 N–H and O–H groups in total. The van der Waals surface area contributed by atoms with Crippen LogP contribution in [0.4, 0.5) is 4.79 Å². The molecule has 0 spiro atoms. The van der Waals surface area contributed by atoms with Crippen LogP contribution in [0.2, 0.25) is 0 Å². The van der Waals surface area contributed by atoms with E-state index >= 15 is 4.79 Å². The molecule has 23 nitrogen and oxygen atoms in total. The van der Waals surface area contributed by atoms with Crippen molar-refractivity contribution < 1.29 is 71.7 Å². The van der Waals surface area contributed by atoms with Gasteiger partial charge in [-0.3, -0.25) is 62.5 Å². The number of imide groups is 1. The Balaban J connectivity index is 1.29. The summed E-state index contributed by atoms with van der Waals surface area (Å²) in [7, 11) is 8.33. The van der Waals surface area contributed by atoms with Gasteiger partial charge in [0.2, 0.25) is 29.5 Å². The molecule has 0 radical (unpaired) electrons. The summed E-state index contributed by atoms with van der Waals surface area (Å²) in [6, 6.07) is 16.4. The summed E-state index contributed by atoms with van der Waals surface area (Å²) in [5.41, 5.74) is 7.01. The molecule has 5 rings (SSSR count). The number of benzene rings is 3. The summed E-state index contributed by atoms with van der Waals surface area (Å²) in [6.45, 7) is 16.9. The van der Waals surface area contributed by atoms with Crippen LogP contribution in [0.25, 0.3) is 10.8 Å². The molecule has 8 amide bonds. The molecule has 544 valence electrons. The molecule has 1 saturated heterocycles. The zero-order valence-corrected chi connectivity index (χ0v) is 60.8. The minimum absolute atomic E-state index is 0.0171. The van der Waals surface area contributed by atoms with E-state index in [1.54, 1.807) is 60.2 Å². The number of nitrogens with one attached hydrogen (secondary N) is 3. The van der Waals surface area contributed by atoms with E-state index in [0.29, 0.717) is 55.2 Å². The lowest BCUT2D eigenvalue weighted by atomic mass is 9.83. The van der Waals surface area contributed by atoms with Crippen molar-refractivity contribution in [1.29, 1.82) is 0 Å². The normalized spacial score (nSPS) is 17.4. The van der Waals surface area contributed by atoms with E-state index in [9.17, 15) is 52.7 Å². The quantitative estimate of drug-likeness (QED) is 0.0236. The number of carbonyl (C=O) groups excluding carboxylic acids is 12. The van der Waals surface area contributed by atoms with Crippen LogP contribution in [-0.2, 0) is 75.2 Å². The fourth-order valence-electron chi connectivity index (χ4n) is 13.8. The largest absolute Gasteiger partial charge is 0.445 e. The number of primary amides is 1. The van der Waals surface area contributed by atoms with Gasteiger partial charge in [0.25, 0.3) is 11.8 Å². The summed E-state index contributed by atoms with van der Waals surface area (Å²) in [5, 5.41) is 10.5. The van der Waals surface area contributed by atoms with Gasteiger partial charge in [-0.15, -0.1) is 0 Å². The number of amides is 8. The first-order valence-electron chi connectivity index (χ1n) is 35.2. The lowest BCUT2D eigenvalue weighted by Crippen LogP contribution is -2.54. The van der Waals surface area contributed by atoms with Crippen LogP contribution >= 0.6 is 0 Å². The van der Waals surface area contributed by atoms with Gasteiger partial charge >= 0.3 is 6.09 Å². The number of likely N-dealkylation sites (tertiary alicyclic amines) is 1. The van der Waals surface area contributed by atoms with Crippen molar-refractivity contribution in [2.75, 3.05) is 55.0 Å². The first-order chi connectivity index (χ1) is 46.9. The molecule has 0 saturated carbocycles. The molecule has 99 heavy (non-hydrogen) atoms. The van der Waals surface area contributed by atoms with Gasteiger partial charge in [0.05, 0.1) is 61.3 Å². The molecule has 23 heteroatoms. The highest BCUT2D eigenvalue weighted by Crippen LogP contribution is 2.32. The van der Waals surface area contributed by atoms with Crippen molar-refractivity contribution in [3.63, 3.8) is 0 Å². The van der Waals surface area contributed by atoms with Gasteiger partial charge in [0.15, 0.2) is 17.3 Å². The number of Topliss-reactive ketones (excluding diaryl/α,β-unsaturated/α-hetero) is 4. The molecule has 3 aromatic rings. The third kappa shape index (κ3) is 24.1. The van der Waals surface area contributed by atoms with Crippen LogP contribution in [0, 0.1) is 41.4 Å². The highest BCUT2D eigenvalue weighted by Gasteiger charge is 2.46. The summed E-state index contributed by atoms with van der Waals surface area (Å²) >= 11 is 0.